The van der Waals surface area contributed by atoms with Gasteiger partial charge in [0.25, 0.3) is 5.56 Å². The Morgan fingerprint density at radius 3 is 2.29 bits per heavy atom. The molecule has 0 saturated heterocycles. The van der Waals surface area contributed by atoms with Gasteiger partial charge in [-0.05, 0) is 17.2 Å². The average molecular weight is 331 g/mol. The lowest BCUT2D eigenvalue weighted by molar-refractivity contribution is -0.143. The van der Waals surface area contributed by atoms with Gasteiger partial charge in [0.15, 0.2) is 5.82 Å². The molecule has 0 amide bonds. The molecule has 122 valence electrons. The summed E-state index contributed by atoms with van der Waals surface area (Å²) in [5.74, 6) is 0.0663. The second kappa shape index (κ2) is 6.27. The van der Waals surface area contributed by atoms with Crippen LogP contribution in [-0.4, -0.2) is 20.9 Å². The Balaban J connectivity index is 2.01. The number of aromatic nitrogens is 3. The van der Waals surface area contributed by atoms with Crippen LogP contribution in [-0.2, 0) is 6.54 Å². The molecular weight excluding hydrogens is 319 g/mol. The smallest absolute Gasteiger partial charge is 0.266 e. The maximum Gasteiger partial charge on any atom is 0.408 e. The fourth-order valence-corrected chi connectivity index (χ4v) is 2.26. The minimum Gasteiger partial charge on any atom is -0.266 e. The molecule has 2 aromatic carbocycles. The van der Waals surface area contributed by atoms with Crippen LogP contribution in [0.25, 0.3) is 22.5 Å². The molecule has 4 nitrogen and oxygen atoms in total. The SMILES string of the molecule is O=c1cnc(-c2cccc(-c3ccccc3)c2)nn1CC(F)(F)F. The van der Waals surface area contributed by atoms with Crippen LogP contribution >= 0.6 is 0 Å². The summed E-state index contributed by atoms with van der Waals surface area (Å²) < 4.78 is 37.9. The van der Waals surface area contributed by atoms with E-state index in [1.165, 1.54) is 0 Å². The lowest BCUT2D eigenvalue weighted by Crippen LogP contribution is -2.30. The lowest BCUT2D eigenvalue weighted by Gasteiger charge is -2.09. The standard InChI is InChI=1S/C17H12F3N3O/c18-17(19,20)11-23-15(24)10-21-16(22-23)14-8-4-7-13(9-14)12-5-2-1-3-6-12/h1-10H,11H2. The van der Waals surface area contributed by atoms with Gasteiger partial charge in [0.1, 0.15) is 6.54 Å². The number of hydrogen-bond donors (Lipinski definition) is 0. The first-order valence-electron chi connectivity index (χ1n) is 7.09. The number of nitrogens with zero attached hydrogens (tertiary/aromatic N) is 3. The molecule has 1 aromatic heterocycles. The van der Waals surface area contributed by atoms with Crippen molar-refractivity contribution in [2.45, 2.75) is 12.7 Å². The molecule has 0 unspecified atom stereocenters. The van der Waals surface area contributed by atoms with Crippen molar-refractivity contribution in [2.75, 3.05) is 0 Å². The molecule has 24 heavy (non-hydrogen) atoms. The van der Waals surface area contributed by atoms with Gasteiger partial charge in [-0.25, -0.2) is 9.67 Å². The van der Waals surface area contributed by atoms with Gasteiger partial charge in [0.05, 0.1) is 6.20 Å². The summed E-state index contributed by atoms with van der Waals surface area (Å²) in [6.07, 6.45) is -3.68. The monoisotopic (exact) mass is 331 g/mol. The molecule has 0 bridgehead atoms. The van der Waals surface area contributed by atoms with E-state index in [1.807, 2.05) is 36.4 Å². The van der Waals surface area contributed by atoms with Gasteiger partial charge < -0.3 is 0 Å². The average Bonchev–Trinajstić information content (AvgIpc) is 2.57. The molecule has 0 atom stereocenters. The summed E-state index contributed by atoms with van der Waals surface area (Å²) >= 11 is 0. The first kappa shape index (κ1) is 15.9. The van der Waals surface area contributed by atoms with Crippen LogP contribution in [0.15, 0.2) is 65.6 Å². The molecule has 3 rings (SSSR count). The van der Waals surface area contributed by atoms with Crippen molar-refractivity contribution >= 4 is 0 Å². The molecule has 0 saturated carbocycles. The maximum absolute atomic E-state index is 12.5. The Hall–Kier alpha value is -2.96. The number of alkyl halides is 3. The zero-order valence-electron chi connectivity index (χ0n) is 12.4. The van der Waals surface area contributed by atoms with Crippen molar-refractivity contribution in [1.82, 2.24) is 14.8 Å². The first-order valence-corrected chi connectivity index (χ1v) is 7.09. The first-order chi connectivity index (χ1) is 11.4. The molecular formula is C17H12F3N3O. The zero-order valence-corrected chi connectivity index (χ0v) is 12.4. The van der Waals surface area contributed by atoms with E-state index < -0.39 is 18.3 Å². The highest BCUT2D eigenvalue weighted by Gasteiger charge is 2.29. The minimum atomic E-state index is -4.53. The van der Waals surface area contributed by atoms with Crippen LogP contribution in [0.1, 0.15) is 0 Å². The van der Waals surface area contributed by atoms with Crippen molar-refractivity contribution in [3.05, 3.63) is 71.1 Å². The highest BCUT2D eigenvalue weighted by atomic mass is 19.4. The van der Waals surface area contributed by atoms with Crippen molar-refractivity contribution in [3.8, 4) is 22.5 Å². The van der Waals surface area contributed by atoms with Crippen molar-refractivity contribution in [1.29, 1.82) is 0 Å². The van der Waals surface area contributed by atoms with Crippen LogP contribution in [0.3, 0.4) is 0 Å². The van der Waals surface area contributed by atoms with E-state index in [4.69, 9.17) is 0 Å². The molecule has 0 spiro atoms. The van der Waals surface area contributed by atoms with Crippen molar-refractivity contribution < 1.29 is 13.2 Å². The molecule has 7 heteroatoms. The van der Waals surface area contributed by atoms with E-state index in [2.05, 4.69) is 10.1 Å². The Morgan fingerprint density at radius 1 is 0.917 bits per heavy atom. The van der Waals surface area contributed by atoms with Crippen LogP contribution < -0.4 is 5.56 Å². The van der Waals surface area contributed by atoms with Crippen molar-refractivity contribution in [3.63, 3.8) is 0 Å². The van der Waals surface area contributed by atoms with Gasteiger partial charge >= 0.3 is 6.18 Å². The molecule has 0 fully saturated rings. The summed E-state index contributed by atoms with van der Waals surface area (Å²) in [5.41, 5.74) is 1.48. The fourth-order valence-electron chi connectivity index (χ4n) is 2.26. The molecule has 1 heterocycles. The number of rotatable bonds is 3. The second-order valence-corrected chi connectivity index (χ2v) is 5.14. The van der Waals surface area contributed by atoms with Gasteiger partial charge in [-0.3, -0.25) is 4.79 Å². The fraction of sp³-hybridized carbons (Fsp3) is 0.118. The molecule has 0 aliphatic carbocycles. The number of benzene rings is 2. The highest BCUT2D eigenvalue weighted by Crippen LogP contribution is 2.24. The Kier molecular flexibility index (Phi) is 4.16. The highest BCUT2D eigenvalue weighted by molar-refractivity contribution is 5.69. The van der Waals surface area contributed by atoms with Crippen LogP contribution in [0.2, 0.25) is 0 Å². The van der Waals surface area contributed by atoms with E-state index in [1.54, 1.807) is 18.2 Å². The van der Waals surface area contributed by atoms with Crippen LogP contribution in [0, 0.1) is 0 Å². The van der Waals surface area contributed by atoms with E-state index in [0.29, 0.717) is 10.2 Å². The minimum absolute atomic E-state index is 0.0663. The Morgan fingerprint density at radius 2 is 1.58 bits per heavy atom. The van der Waals surface area contributed by atoms with E-state index in [-0.39, 0.29) is 5.82 Å². The van der Waals surface area contributed by atoms with Gasteiger partial charge in [0.2, 0.25) is 0 Å². The van der Waals surface area contributed by atoms with E-state index in [9.17, 15) is 18.0 Å². The largest absolute Gasteiger partial charge is 0.408 e. The molecule has 0 N–H and O–H groups in total. The molecule has 0 aliphatic rings. The van der Waals surface area contributed by atoms with Crippen molar-refractivity contribution in [2.24, 2.45) is 0 Å². The van der Waals surface area contributed by atoms with Gasteiger partial charge in [-0.15, -0.1) is 5.10 Å². The van der Waals surface area contributed by atoms with Crippen LogP contribution in [0.4, 0.5) is 13.2 Å². The van der Waals surface area contributed by atoms with Gasteiger partial charge in [0, 0.05) is 5.56 Å². The third-order valence-corrected chi connectivity index (χ3v) is 3.32. The molecule has 0 radical (unpaired) electrons. The summed E-state index contributed by atoms with van der Waals surface area (Å²) in [4.78, 5) is 15.4. The second-order valence-electron chi connectivity index (χ2n) is 5.14. The Labute approximate surface area is 135 Å². The third kappa shape index (κ3) is 3.68. The van der Waals surface area contributed by atoms with E-state index >= 15 is 0 Å². The summed E-state index contributed by atoms with van der Waals surface area (Å²) in [6.45, 7) is -1.44. The van der Waals surface area contributed by atoms with Gasteiger partial charge in [-0.2, -0.15) is 13.2 Å². The zero-order chi connectivity index (χ0) is 17.2. The third-order valence-electron chi connectivity index (χ3n) is 3.32. The predicted molar refractivity (Wildman–Crippen MR) is 83.2 cm³/mol. The number of hydrogen-bond acceptors (Lipinski definition) is 3. The number of halogens is 3. The lowest BCUT2D eigenvalue weighted by atomic mass is 10.0. The molecule has 0 aliphatic heterocycles. The maximum atomic E-state index is 12.5. The summed E-state index contributed by atoms with van der Waals surface area (Å²) in [7, 11) is 0. The summed E-state index contributed by atoms with van der Waals surface area (Å²) in [6, 6.07) is 16.6. The topological polar surface area (TPSA) is 47.8 Å². The quantitative estimate of drug-likeness (QED) is 0.737. The Bertz CT molecular complexity index is 905. The van der Waals surface area contributed by atoms with Gasteiger partial charge in [-0.1, -0.05) is 48.5 Å². The summed E-state index contributed by atoms with van der Waals surface area (Å²) in [5, 5.41) is 3.74. The molecule has 3 aromatic rings. The predicted octanol–water partition coefficient (Wildman–Crippen LogP) is 3.53. The van der Waals surface area contributed by atoms with E-state index in [0.717, 1.165) is 17.3 Å². The van der Waals surface area contributed by atoms with Crippen LogP contribution in [0.5, 0.6) is 0 Å². The normalized spacial score (nSPS) is 11.5.